The summed E-state index contributed by atoms with van der Waals surface area (Å²) in [6, 6.07) is 9.79. The van der Waals surface area contributed by atoms with Gasteiger partial charge < -0.3 is 5.32 Å². The van der Waals surface area contributed by atoms with E-state index in [9.17, 15) is 0 Å². The van der Waals surface area contributed by atoms with E-state index >= 15 is 0 Å². The van der Waals surface area contributed by atoms with E-state index in [1.54, 1.807) is 0 Å². The summed E-state index contributed by atoms with van der Waals surface area (Å²) in [6.07, 6.45) is 0.844. The summed E-state index contributed by atoms with van der Waals surface area (Å²) in [5.74, 6) is 0.538. The smallest absolute Gasteiger partial charge is 0.228 e. The van der Waals surface area contributed by atoms with Crippen LogP contribution in [0.2, 0.25) is 5.15 Å². The fourth-order valence-corrected chi connectivity index (χ4v) is 2.02. The molecule has 0 aliphatic carbocycles. The zero-order valence-corrected chi connectivity index (χ0v) is 10.6. The number of hydrogen-bond acceptors (Lipinski definition) is 3. The van der Waals surface area contributed by atoms with Gasteiger partial charge in [0, 0.05) is 16.9 Å². The largest absolute Gasteiger partial charge is 0.324 e. The molecule has 0 bridgehead atoms. The normalized spacial score (nSPS) is 10.3. The maximum Gasteiger partial charge on any atom is 0.228 e. The average Bonchev–Trinajstić information content (AvgIpc) is 2.30. The number of rotatable bonds is 3. The monoisotopic (exact) mass is 247 g/mol. The standard InChI is InChI=1S/C13H14ClN3/c1-3-11-9(2)15-13(17-12(11)14)16-10-7-5-4-6-8-10/h4-8H,3H2,1-2H3,(H,15,16,17). The van der Waals surface area contributed by atoms with Gasteiger partial charge in [-0.1, -0.05) is 36.7 Å². The second kappa shape index (κ2) is 5.15. The van der Waals surface area contributed by atoms with Gasteiger partial charge in [-0.3, -0.25) is 0 Å². The Balaban J connectivity index is 2.29. The second-order valence-electron chi connectivity index (χ2n) is 3.75. The van der Waals surface area contributed by atoms with E-state index in [1.807, 2.05) is 44.2 Å². The van der Waals surface area contributed by atoms with E-state index in [2.05, 4.69) is 15.3 Å². The number of anilines is 2. The van der Waals surface area contributed by atoms with Crippen LogP contribution in [0.15, 0.2) is 30.3 Å². The first-order valence-electron chi connectivity index (χ1n) is 5.55. The summed E-state index contributed by atoms with van der Waals surface area (Å²) in [7, 11) is 0. The quantitative estimate of drug-likeness (QED) is 0.840. The van der Waals surface area contributed by atoms with E-state index in [0.29, 0.717) is 11.1 Å². The third-order valence-corrected chi connectivity index (χ3v) is 2.86. The van der Waals surface area contributed by atoms with Crippen LogP contribution in [0, 0.1) is 6.92 Å². The highest BCUT2D eigenvalue weighted by Crippen LogP contribution is 2.20. The maximum atomic E-state index is 6.11. The molecule has 0 fully saturated rings. The lowest BCUT2D eigenvalue weighted by Gasteiger charge is -2.09. The van der Waals surface area contributed by atoms with Gasteiger partial charge in [-0.25, -0.2) is 9.97 Å². The number of para-hydroxylation sites is 1. The van der Waals surface area contributed by atoms with E-state index in [4.69, 9.17) is 11.6 Å². The molecule has 88 valence electrons. The third kappa shape index (κ3) is 2.74. The van der Waals surface area contributed by atoms with Crippen molar-refractivity contribution in [2.24, 2.45) is 0 Å². The number of hydrogen-bond donors (Lipinski definition) is 1. The first-order chi connectivity index (χ1) is 8.20. The lowest BCUT2D eigenvalue weighted by Crippen LogP contribution is -2.02. The average molecular weight is 248 g/mol. The lowest BCUT2D eigenvalue weighted by molar-refractivity contribution is 1.00. The first-order valence-corrected chi connectivity index (χ1v) is 5.93. The molecule has 17 heavy (non-hydrogen) atoms. The van der Waals surface area contributed by atoms with Crippen molar-refractivity contribution in [3.63, 3.8) is 0 Å². The number of aromatic nitrogens is 2. The minimum Gasteiger partial charge on any atom is -0.324 e. The van der Waals surface area contributed by atoms with Gasteiger partial charge in [0.15, 0.2) is 0 Å². The Morgan fingerprint density at radius 3 is 2.47 bits per heavy atom. The van der Waals surface area contributed by atoms with Crippen LogP contribution in [0.4, 0.5) is 11.6 Å². The van der Waals surface area contributed by atoms with E-state index in [1.165, 1.54) is 0 Å². The number of nitrogens with zero attached hydrogens (tertiary/aromatic N) is 2. The molecule has 0 radical (unpaired) electrons. The Labute approximate surface area is 106 Å². The molecule has 1 N–H and O–H groups in total. The minimum absolute atomic E-state index is 0.526. The van der Waals surface area contributed by atoms with Crippen LogP contribution in [-0.4, -0.2) is 9.97 Å². The van der Waals surface area contributed by atoms with Crippen molar-refractivity contribution in [3.8, 4) is 0 Å². The Morgan fingerprint density at radius 2 is 1.88 bits per heavy atom. The molecule has 0 atom stereocenters. The van der Waals surface area contributed by atoms with Crippen molar-refractivity contribution in [3.05, 3.63) is 46.7 Å². The van der Waals surface area contributed by atoms with Crippen molar-refractivity contribution in [1.82, 2.24) is 9.97 Å². The van der Waals surface area contributed by atoms with Crippen molar-refractivity contribution >= 4 is 23.2 Å². The molecule has 3 nitrogen and oxygen atoms in total. The topological polar surface area (TPSA) is 37.8 Å². The summed E-state index contributed by atoms with van der Waals surface area (Å²) in [6.45, 7) is 3.99. The van der Waals surface area contributed by atoms with Crippen LogP contribution in [-0.2, 0) is 6.42 Å². The van der Waals surface area contributed by atoms with Crippen LogP contribution >= 0.6 is 11.6 Å². The van der Waals surface area contributed by atoms with Gasteiger partial charge in [0.05, 0.1) is 0 Å². The molecule has 4 heteroatoms. The Bertz CT molecular complexity index is 488. The molecule has 1 aromatic heterocycles. The predicted octanol–water partition coefficient (Wildman–Crippen LogP) is 3.74. The fourth-order valence-electron chi connectivity index (χ4n) is 1.67. The fraction of sp³-hybridized carbons (Fsp3) is 0.231. The zero-order chi connectivity index (χ0) is 12.3. The van der Waals surface area contributed by atoms with Crippen molar-refractivity contribution < 1.29 is 0 Å². The van der Waals surface area contributed by atoms with Gasteiger partial charge >= 0.3 is 0 Å². The van der Waals surface area contributed by atoms with Crippen LogP contribution in [0.3, 0.4) is 0 Å². The summed E-state index contributed by atoms with van der Waals surface area (Å²) < 4.78 is 0. The lowest BCUT2D eigenvalue weighted by atomic mass is 10.2. The predicted molar refractivity (Wildman–Crippen MR) is 70.9 cm³/mol. The molecule has 0 aliphatic heterocycles. The van der Waals surface area contributed by atoms with Crippen molar-refractivity contribution in [2.75, 3.05) is 5.32 Å². The van der Waals surface area contributed by atoms with Crippen molar-refractivity contribution in [2.45, 2.75) is 20.3 Å². The van der Waals surface area contributed by atoms with E-state index in [0.717, 1.165) is 23.4 Å². The third-order valence-electron chi connectivity index (χ3n) is 2.55. The summed E-state index contributed by atoms with van der Waals surface area (Å²) in [4.78, 5) is 8.64. The number of nitrogens with one attached hydrogen (secondary N) is 1. The molecule has 0 spiro atoms. The molecule has 2 aromatic rings. The maximum absolute atomic E-state index is 6.11. The second-order valence-corrected chi connectivity index (χ2v) is 4.10. The van der Waals surface area contributed by atoms with E-state index in [-0.39, 0.29) is 0 Å². The van der Waals surface area contributed by atoms with E-state index < -0.39 is 0 Å². The van der Waals surface area contributed by atoms with Gasteiger partial charge in [-0.15, -0.1) is 0 Å². The molecule has 2 rings (SSSR count). The number of halogens is 1. The van der Waals surface area contributed by atoms with Crippen molar-refractivity contribution in [1.29, 1.82) is 0 Å². The Hall–Kier alpha value is -1.61. The molecule has 0 unspecified atom stereocenters. The van der Waals surface area contributed by atoms with Crippen LogP contribution in [0.1, 0.15) is 18.2 Å². The Morgan fingerprint density at radius 1 is 1.18 bits per heavy atom. The molecular formula is C13H14ClN3. The van der Waals surface area contributed by atoms with Crippen LogP contribution in [0.5, 0.6) is 0 Å². The highest BCUT2D eigenvalue weighted by atomic mass is 35.5. The van der Waals surface area contributed by atoms with Crippen LogP contribution < -0.4 is 5.32 Å². The Kier molecular flexibility index (Phi) is 3.59. The van der Waals surface area contributed by atoms with Gasteiger partial charge in [-0.05, 0) is 25.5 Å². The molecule has 0 saturated carbocycles. The number of aryl methyl sites for hydroxylation is 1. The van der Waals surface area contributed by atoms with Gasteiger partial charge in [0.1, 0.15) is 5.15 Å². The highest BCUT2D eigenvalue weighted by molar-refractivity contribution is 6.30. The zero-order valence-electron chi connectivity index (χ0n) is 9.87. The molecule has 1 aromatic carbocycles. The first kappa shape index (κ1) is 11.9. The molecular weight excluding hydrogens is 234 g/mol. The van der Waals surface area contributed by atoms with Crippen LogP contribution in [0.25, 0.3) is 0 Å². The van der Waals surface area contributed by atoms with Gasteiger partial charge in [-0.2, -0.15) is 0 Å². The molecule has 0 aliphatic rings. The number of benzene rings is 1. The molecule has 0 saturated heterocycles. The minimum atomic E-state index is 0.526. The highest BCUT2D eigenvalue weighted by Gasteiger charge is 2.08. The summed E-state index contributed by atoms with van der Waals surface area (Å²) in [5.41, 5.74) is 2.88. The summed E-state index contributed by atoms with van der Waals surface area (Å²) >= 11 is 6.11. The molecule has 0 amide bonds. The molecule has 1 heterocycles. The van der Waals surface area contributed by atoms with Gasteiger partial charge in [0.25, 0.3) is 0 Å². The SMILES string of the molecule is CCc1c(C)nc(Nc2ccccc2)nc1Cl. The summed E-state index contributed by atoms with van der Waals surface area (Å²) in [5, 5.41) is 3.66. The van der Waals surface area contributed by atoms with Gasteiger partial charge in [0.2, 0.25) is 5.95 Å².